The molecule has 1 aromatic carbocycles. The lowest BCUT2D eigenvalue weighted by Crippen LogP contribution is -2.18. The van der Waals surface area contributed by atoms with Gasteiger partial charge in [0.05, 0.1) is 0 Å². The van der Waals surface area contributed by atoms with Crippen LogP contribution in [0.5, 0.6) is 0 Å². The predicted octanol–water partition coefficient (Wildman–Crippen LogP) is 2.89. The summed E-state index contributed by atoms with van der Waals surface area (Å²) in [5.41, 5.74) is 7.47. The molecule has 0 heterocycles. The average molecular weight is 205 g/mol. The fourth-order valence-corrected chi connectivity index (χ4v) is 2.72. The van der Waals surface area contributed by atoms with Crippen LogP contribution in [-0.4, -0.2) is 5.25 Å². The Bertz CT molecular complexity index is 336. The summed E-state index contributed by atoms with van der Waals surface area (Å²) in [5, 5.41) is 0.897. The minimum absolute atomic E-state index is 0.0305. The van der Waals surface area contributed by atoms with E-state index in [1.165, 1.54) is 23.3 Å². The minimum atomic E-state index is 0.0305. The average Bonchev–Trinajstić information content (AvgIpc) is 3.06. The molecule has 0 aromatic heterocycles. The van der Waals surface area contributed by atoms with E-state index in [2.05, 4.69) is 24.3 Å². The van der Waals surface area contributed by atoms with E-state index in [4.69, 9.17) is 5.73 Å². The van der Waals surface area contributed by atoms with E-state index >= 15 is 0 Å². The van der Waals surface area contributed by atoms with Crippen molar-refractivity contribution in [2.45, 2.75) is 41.4 Å². The van der Waals surface area contributed by atoms with Crippen LogP contribution in [0.1, 0.15) is 31.2 Å². The molecule has 2 aliphatic carbocycles. The molecule has 2 saturated carbocycles. The topological polar surface area (TPSA) is 26.0 Å². The van der Waals surface area contributed by atoms with Crippen molar-refractivity contribution in [3.63, 3.8) is 0 Å². The highest BCUT2D eigenvalue weighted by atomic mass is 32.2. The molecule has 2 fully saturated rings. The van der Waals surface area contributed by atoms with Gasteiger partial charge in [0.1, 0.15) is 0 Å². The van der Waals surface area contributed by atoms with Gasteiger partial charge in [-0.2, -0.15) is 0 Å². The number of thioether (sulfide) groups is 1. The van der Waals surface area contributed by atoms with Gasteiger partial charge in [0.15, 0.2) is 0 Å². The van der Waals surface area contributed by atoms with Gasteiger partial charge in [-0.15, -0.1) is 11.8 Å². The predicted molar refractivity (Wildman–Crippen MR) is 60.4 cm³/mol. The molecular formula is C12H15NS. The Balaban J connectivity index is 1.76. The molecule has 0 atom stereocenters. The molecule has 1 aromatic rings. The summed E-state index contributed by atoms with van der Waals surface area (Å²) in [6, 6.07) is 8.87. The fourth-order valence-electron chi connectivity index (χ4n) is 1.67. The molecule has 0 unspecified atom stereocenters. The summed E-state index contributed by atoms with van der Waals surface area (Å²) in [5.74, 6) is 0. The Morgan fingerprint density at radius 2 is 1.79 bits per heavy atom. The summed E-state index contributed by atoms with van der Waals surface area (Å²) >= 11 is 2.01. The molecule has 74 valence electrons. The lowest BCUT2D eigenvalue weighted by Gasteiger charge is -2.09. The van der Waals surface area contributed by atoms with Gasteiger partial charge in [-0.25, -0.2) is 0 Å². The number of hydrogen-bond donors (Lipinski definition) is 1. The Kier molecular flexibility index (Phi) is 1.89. The van der Waals surface area contributed by atoms with Gasteiger partial charge in [0, 0.05) is 15.7 Å². The number of rotatable bonds is 3. The molecule has 0 spiro atoms. The Hall–Kier alpha value is -0.470. The zero-order valence-corrected chi connectivity index (χ0v) is 9.02. The minimum Gasteiger partial charge on any atom is -0.321 e. The van der Waals surface area contributed by atoms with E-state index in [0.717, 1.165) is 18.1 Å². The van der Waals surface area contributed by atoms with Gasteiger partial charge in [-0.1, -0.05) is 12.1 Å². The van der Waals surface area contributed by atoms with Crippen LogP contribution in [0, 0.1) is 0 Å². The van der Waals surface area contributed by atoms with E-state index < -0.39 is 0 Å². The Labute approximate surface area is 89.1 Å². The van der Waals surface area contributed by atoms with Crippen LogP contribution in [0.4, 0.5) is 0 Å². The van der Waals surface area contributed by atoms with Crippen molar-refractivity contribution in [2.75, 3.05) is 0 Å². The first-order chi connectivity index (χ1) is 6.76. The first-order valence-corrected chi connectivity index (χ1v) is 6.20. The van der Waals surface area contributed by atoms with Crippen LogP contribution in [0.2, 0.25) is 0 Å². The summed E-state index contributed by atoms with van der Waals surface area (Å²) < 4.78 is 0. The van der Waals surface area contributed by atoms with Crippen molar-refractivity contribution in [3.05, 3.63) is 29.8 Å². The lowest BCUT2D eigenvalue weighted by atomic mass is 10.1. The second-order valence-electron chi connectivity index (χ2n) is 4.50. The van der Waals surface area contributed by atoms with Crippen molar-refractivity contribution in [2.24, 2.45) is 5.73 Å². The number of hydrogen-bond acceptors (Lipinski definition) is 2. The highest BCUT2D eigenvalue weighted by molar-refractivity contribution is 8.00. The second kappa shape index (κ2) is 3.01. The lowest BCUT2D eigenvalue weighted by molar-refractivity contribution is 0.739. The van der Waals surface area contributed by atoms with E-state index in [1.807, 2.05) is 11.8 Å². The van der Waals surface area contributed by atoms with Crippen molar-refractivity contribution in [1.29, 1.82) is 0 Å². The molecule has 2 heteroatoms. The third-order valence-corrected chi connectivity index (χ3v) is 4.39. The van der Waals surface area contributed by atoms with Gasteiger partial charge in [-0.3, -0.25) is 0 Å². The van der Waals surface area contributed by atoms with Crippen molar-refractivity contribution in [3.8, 4) is 0 Å². The van der Waals surface area contributed by atoms with Gasteiger partial charge < -0.3 is 5.73 Å². The molecule has 0 saturated heterocycles. The monoisotopic (exact) mass is 205 g/mol. The molecule has 0 radical (unpaired) electrons. The molecule has 0 bridgehead atoms. The molecule has 14 heavy (non-hydrogen) atoms. The first-order valence-electron chi connectivity index (χ1n) is 5.32. The van der Waals surface area contributed by atoms with Crippen molar-refractivity contribution >= 4 is 11.8 Å². The normalized spacial score (nSPS) is 23.5. The van der Waals surface area contributed by atoms with E-state index in [-0.39, 0.29) is 5.54 Å². The van der Waals surface area contributed by atoms with Crippen LogP contribution in [0.15, 0.2) is 29.2 Å². The SMILES string of the molecule is NC1(c2ccc(SC3CC3)cc2)CC1. The highest BCUT2D eigenvalue weighted by Gasteiger charge is 2.39. The maximum Gasteiger partial charge on any atom is 0.0411 e. The quantitative estimate of drug-likeness (QED) is 0.821. The van der Waals surface area contributed by atoms with Gasteiger partial charge >= 0.3 is 0 Å². The van der Waals surface area contributed by atoms with Crippen LogP contribution in [0.25, 0.3) is 0 Å². The summed E-state index contributed by atoms with van der Waals surface area (Å²) in [7, 11) is 0. The maximum absolute atomic E-state index is 6.12. The molecular weight excluding hydrogens is 190 g/mol. The Morgan fingerprint density at radius 3 is 2.29 bits per heavy atom. The third kappa shape index (κ3) is 1.69. The Morgan fingerprint density at radius 1 is 1.14 bits per heavy atom. The summed E-state index contributed by atoms with van der Waals surface area (Å²) in [6.45, 7) is 0. The molecule has 3 rings (SSSR count). The zero-order valence-electron chi connectivity index (χ0n) is 8.20. The van der Waals surface area contributed by atoms with Crippen molar-refractivity contribution in [1.82, 2.24) is 0 Å². The van der Waals surface area contributed by atoms with Crippen LogP contribution >= 0.6 is 11.8 Å². The van der Waals surface area contributed by atoms with Gasteiger partial charge in [0.2, 0.25) is 0 Å². The van der Waals surface area contributed by atoms with E-state index in [0.29, 0.717) is 0 Å². The molecule has 0 amide bonds. The fraction of sp³-hybridized carbons (Fsp3) is 0.500. The van der Waals surface area contributed by atoms with Crippen molar-refractivity contribution < 1.29 is 0 Å². The largest absolute Gasteiger partial charge is 0.321 e. The smallest absolute Gasteiger partial charge is 0.0411 e. The molecule has 2 aliphatic rings. The number of nitrogens with two attached hydrogens (primary N) is 1. The molecule has 2 N–H and O–H groups in total. The first kappa shape index (κ1) is 8.81. The standard InChI is InChI=1S/C12H15NS/c13-12(7-8-12)9-1-3-10(4-2-9)14-11-5-6-11/h1-4,11H,5-8,13H2. The summed E-state index contributed by atoms with van der Waals surface area (Å²) in [6.07, 6.45) is 5.10. The number of benzene rings is 1. The highest BCUT2D eigenvalue weighted by Crippen LogP contribution is 2.44. The van der Waals surface area contributed by atoms with Gasteiger partial charge in [-0.05, 0) is 43.4 Å². The van der Waals surface area contributed by atoms with Crippen LogP contribution in [-0.2, 0) is 5.54 Å². The van der Waals surface area contributed by atoms with E-state index in [1.54, 1.807) is 0 Å². The van der Waals surface area contributed by atoms with Gasteiger partial charge in [0.25, 0.3) is 0 Å². The van der Waals surface area contributed by atoms with Crippen LogP contribution < -0.4 is 5.73 Å². The zero-order chi connectivity index (χ0) is 9.60. The second-order valence-corrected chi connectivity index (χ2v) is 5.87. The van der Waals surface area contributed by atoms with Crippen LogP contribution in [0.3, 0.4) is 0 Å². The molecule has 1 nitrogen and oxygen atoms in total. The maximum atomic E-state index is 6.12. The van der Waals surface area contributed by atoms with E-state index in [9.17, 15) is 0 Å². The third-order valence-electron chi connectivity index (χ3n) is 3.05. The summed E-state index contributed by atoms with van der Waals surface area (Å²) in [4.78, 5) is 1.40. The molecule has 0 aliphatic heterocycles.